The first kappa shape index (κ1) is 20.0. The molecule has 0 bridgehead atoms. The van der Waals surface area contributed by atoms with E-state index in [1.165, 1.54) is 0 Å². The quantitative estimate of drug-likeness (QED) is 0.310. The summed E-state index contributed by atoms with van der Waals surface area (Å²) in [7, 11) is -0.565. The Morgan fingerprint density at radius 3 is 2.50 bits per heavy atom. The molecule has 0 aliphatic heterocycles. The van der Waals surface area contributed by atoms with Crippen LogP contribution in [0.3, 0.4) is 0 Å². The van der Waals surface area contributed by atoms with Gasteiger partial charge in [0.05, 0.1) is 33.1 Å². The third-order valence-corrected chi connectivity index (χ3v) is 4.27. The summed E-state index contributed by atoms with van der Waals surface area (Å²) in [4.78, 5) is 2.07. The largest absolute Gasteiger partial charge is 0.421 e. The fourth-order valence-electron chi connectivity index (χ4n) is 2.45. The van der Waals surface area contributed by atoms with Crippen LogP contribution in [0.15, 0.2) is 46.9 Å². The van der Waals surface area contributed by atoms with Crippen molar-refractivity contribution in [1.29, 1.82) is 0 Å². The number of aromatic nitrogens is 2. The van der Waals surface area contributed by atoms with Crippen LogP contribution in [0, 0.1) is 0 Å². The number of imidazole rings is 1. The van der Waals surface area contributed by atoms with Crippen molar-refractivity contribution in [2.24, 2.45) is 24.3 Å². The summed E-state index contributed by atoms with van der Waals surface area (Å²) in [6, 6.07) is 7.62. The fourth-order valence-corrected chi connectivity index (χ4v) is 2.77. The Labute approximate surface area is 153 Å². The topological polar surface area (TPSA) is 100 Å². The molecule has 0 saturated heterocycles. The van der Waals surface area contributed by atoms with Crippen molar-refractivity contribution in [3.63, 3.8) is 0 Å². The summed E-state index contributed by atoms with van der Waals surface area (Å²) in [6.07, 6.45) is 4.28. The van der Waals surface area contributed by atoms with E-state index in [-0.39, 0.29) is 6.61 Å². The Balaban J connectivity index is 1.96. The molecular weight excluding hydrogens is 358 g/mol. The smallest absolute Gasteiger partial charge is 0.372 e. The number of rotatable bonds is 9. The first-order valence-corrected chi connectivity index (χ1v) is 9.56. The lowest BCUT2D eigenvalue weighted by Crippen LogP contribution is -2.25. The van der Waals surface area contributed by atoms with Gasteiger partial charge in [-0.2, -0.15) is 8.42 Å². The predicted molar refractivity (Wildman–Crippen MR) is 97.2 cm³/mol. The molecular formula is C16H24N5O4S+. The number of nitrogens with zero attached hydrogens (tertiary/aromatic N) is 5. The lowest BCUT2D eigenvalue weighted by molar-refractivity contribution is -0.657. The molecule has 0 aliphatic rings. The van der Waals surface area contributed by atoms with Crippen LogP contribution in [-0.4, -0.2) is 37.2 Å². The van der Waals surface area contributed by atoms with Crippen LogP contribution in [0.5, 0.6) is 0 Å². The van der Waals surface area contributed by atoms with Gasteiger partial charge >= 0.3 is 16.3 Å². The van der Waals surface area contributed by atoms with E-state index in [1.807, 2.05) is 66.8 Å². The highest BCUT2D eigenvalue weighted by Gasteiger charge is 2.11. The van der Waals surface area contributed by atoms with Crippen molar-refractivity contribution < 1.29 is 21.7 Å². The van der Waals surface area contributed by atoms with Crippen LogP contribution < -0.4 is 9.47 Å². The Morgan fingerprint density at radius 2 is 1.96 bits per heavy atom. The Morgan fingerprint density at radius 1 is 1.27 bits per heavy atom. The molecule has 26 heavy (non-hydrogen) atoms. The molecule has 1 aromatic carbocycles. The number of azo groups is 1. The van der Waals surface area contributed by atoms with Gasteiger partial charge in [-0.3, -0.25) is 4.55 Å². The molecule has 0 amide bonds. The van der Waals surface area contributed by atoms with Crippen molar-refractivity contribution >= 4 is 27.7 Å². The van der Waals surface area contributed by atoms with Crippen LogP contribution in [-0.2, 0) is 28.7 Å². The average Bonchev–Trinajstić information content (AvgIpc) is 2.91. The van der Waals surface area contributed by atoms with Gasteiger partial charge in [-0.15, -0.1) is 0 Å². The van der Waals surface area contributed by atoms with Crippen molar-refractivity contribution in [1.82, 2.24) is 4.57 Å². The molecule has 0 fully saturated rings. The van der Waals surface area contributed by atoms with Gasteiger partial charge in [0.2, 0.25) is 0 Å². The molecule has 142 valence electrons. The van der Waals surface area contributed by atoms with Gasteiger partial charge < -0.3 is 4.90 Å². The average molecular weight is 382 g/mol. The van der Waals surface area contributed by atoms with Crippen LogP contribution in [0.1, 0.15) is 13.3 Å². The second-order valence-electron chi connectivity index (χ2n) is 5.72. The number of hydrogen-bond donors (Lipinski definition) is 1. The molecule has 9 nitrogen and oxygen atoms in total. The summed E-state index contributed by atoms with van der Waals surface area (Å²) in [5.74, 6) is 0.739. The molecule has 10 heteroatoms. The van der Waals surface area contributed by atoms with E-state index in [9.17, 15) is 8.42 Å². The molecule has 0 aliphatic carbocycles. The molecule has 2 rings (SSSR count). The third-order valence-electron chi connectivity index (χ3n) is 3.80. The summed E-state index contributed by atoms with van der Waals surface area (Å²) >= 11 is 0. The fraction of sp³-hybridized carbons (Fsp3) is 0.438. The van der Waals surface area contributed by atoms with E-state index in [0.29, 0.717) is 13.0 Å². The molecule has 1 aromatic heterocycles. The van der Waals surface area contributed by atoms with Gasteiger partial charge in [0.25, 0.3) is 0 Å². The Hall–Kier alpha value is -2.30. The van der Waals surface area contributed by atoms with Gasteiger partial charge in [0.15, 0.2) is 0 Å². The maximum absolute atomic E-state index is 10.5. The van der Waals surface area contributed by atoms with E-state index >= 15 is 0 Å². The second-order valence-corrected chi connectivity index (χ2v) is 6.81. The zero-order valence-corrected chi connectivity index (χ0v) is 15.9. The molecule has 0 saturated carbocycles. The van der Waals surface area contributed by atoms with Crippen LogP contribution in [0.4, 0.5) is 17.3 Å². The SMILES string of the molecule is CCN(CCCOS(=O)(=O)O)c1ccc(N=Nc2n(C)cc[n+]2C)cc1. The zero-order valence-electron chi connectivity index (χ0n) is 15.1. The van der Waals surface area contributed by atoms with E-state index in [2.05, 4.69) is 19.3 Å². The van der Waals surface area contributed by atoms with E-state index in [0.717, 1.165) is 23.9 Å². The number of aryl methyl sites for hydroxylation is 2. The molecule has 0 spiro atoms. The molecule has 1 N–H and O–H groups in total. The van der Waals surface area contributed by atoms with Gasteiger partial charge in [0, 0.05) is 23.9 Å². The normalized spacial score (nSPS) is 12.0. The van der Waals surface area contributed by atoms with Crippen molar-refractivity contribution in [2.45, 2.75) is 13.3 Å². The maximum Gasteiger partial charge on any atom is 0.421 e. The minimum Gasteiger partial charge on any atom is -0.372 e. The summed E-state index contributed by atoms with van der Waals surface area (Å²) in [5.41, 5.74) is 1.73. The third kappa shape index (κ3) is 5.90. The van der Waals surface area contributed by atoms with E-state index < -0.39 is 10.4 Å². The molecule has 0 radical (unpaired) electrons. The first-order valence-electron chi connectivity index (χ1n) is 8.19. The van der Waals surface area contributed by atoms with Crippen LogP contribution in [0.25, 0.3) is 0 Å². The summed E-state index contributed by atoms with van der Waals surface area (Å²) in [5, 5.41) is 8.50. The lowest BCUT2D eigenvalue weighted by Gasteiger charge is -2.22. The van der Waals surface area contributed by atoms with Gasteiger partial charge in [-0.25, -0.2) is 13.3 Å². The Bertz CT molecular complexity index is 827. The van der Waals surface area contributed by atoms with Crippen molar-refractivity contribution in [3.8, 4) is 0 Å². The highest BCUT2D eigenvalue weighted by molar-refractivity contribution is 7.80. The standard InChI is InChI=1S/C16H23N5O4S/c1-4-21(10-5-13-25-26(22,23)24)15-8-6-14(7-9-15)17-18-16-19(2)11-12-20(16)3/h6-9,11-12H,4-5,10,13H2,1-3H3/p+1. The van der Waals surface area contributed by atoms with Gasteiger partial charge in [-0.1, -0.05) is 5.11 Å². The maximum atomic E-state index is 10.5. The molecule has 0 atom stereocenters. The summed E-state index contributed by atoms with van der Waals surface area (Å²) < 4.78 is 37.7. The number of anilines is 1. The molecule has 2 aromatic rings. The van der Waals surface area contributed by atoms with E-state index in [4.69, 9.17) is 4.55 Å². The highest BCUT2D eigenvalue weighted by atomic mass is 32.3. The molecule has 0 unspecified atom stereocenters. The predicted octanol–water partition coefficient (Wildman–Crippen LogP) is 2.30. The minimum atomic E-state index is -4.38. The summed E-state index contributed by atoms with van der Waals surface area (Å²) in [6.45, 7) is 3.31. The lowest BCUT2D eigenvalue weighted by atomic mass is 10.2. The van der Waals surface area contributed by atoms with Crippen LogP contribution >= 0.6 is 0 Å². The van der Waals surface area contributed by atoms with Crippen molar-refractivity contribution in [3.05, 3.63) is 36.7 Å². The molecule has 1 heterocycles. The van der Waals surface area contributed by atoms with Crippen molar-refractivity contribution in [2.75, 3.05) is 24.6 Å². The Kier molecular flexibility index (Phi) is 6.83. The monoisotopic (exact) mass is 382 g/mol. The minimum absolute atomic E-state index is 0.0602. The second kappa shape index (κ2) is 8.88. The van der Waals surface area contributed by atoms with Crippen LogP contribution in [0.2, 0.25) is 0 Å². The van der Waals surface area contributed by atoms with Gasteiger partial charge in [0.1, 0.15) is 5.69 Å². The first-order chi connectivity index (χ1) is 12.3. The zero-order chi connectivity index (χ0) is 19.2. The van der Waals surface area contributed by atoms with Gasteiger partial charge in [-0.05, 0) is 37.6 Å². The number of benzene rings is 1. The number of hydrogen-bond acceptors (Lipinski definition) is 6. The van der Waals surface area contributed by atoms with E-state index in [1.54, 1.807) is 0 Å². The highest BCUT2D eigenvalue weighted by Crippen LogP contribution is 2.21.